The largest absolute Gasteiger partial charge is 0.286 e. The van der Waals surface area contributed by atoms with E-state index in [1.54, 1.807) is 13.8 Å². The summed E-state index contributed by atoms with van der Waals surface area (Å²) < 4.78 is 0. The lowest BCUT2D eigenvalue weighted by atomic mass is 9.85. The number of allylic oxidation sites excluding steroid dienone is 8. The van der Waals surface area contributed by atoms with Crippen molar-refractivity contribution >= 4 is 23.1 Å². The van der Waals surface area contributed by atoms with Crippen molar-refractivity contribution in [3.63, 3.8) is 0 Å². The molecule has 0 aromatic heterocycles. The van der Waals surface area contributed by atoms with E-state index in [4.69, 9.17) is 0 Å². The van der Waals surface area contributed by atoms with Crippen LogP contribution in [0.25, 0.3) is 0 Å². The zero-order chi connectivity index (χ0) is 13.4. The maximum absolute atomic E-state index is 11.4. The molecule has 0 heterocycles. The van der Waals surface area contributed by atoms with Gasteiger partial charge in [-0.15, -0.1) is 0 Å². The minimum Gasteiger partial charge on any atom is -0.286 e. The number of hydrogen-bond donors (Lipinski definition) is 0. The molecule has 0 amide bonds. The van der Waals surface area contributed by atoms with Gasteiger partial charge in [-0.05, 0) is 60.4 Å². The third kappa shape index (κ3) is 1.93. The van der Waals surface area contributed by atoms with E-state index in [9.17, 15) is 19.2 Å². The zero-order valence-electron chi connectivity index (χ0n) is 9.94. The first-order valence-corrected chi connectivity index (χ1v) is 5.38. The molecule has 4 heteroatoms. The molecule has 2 aliphatic carbocycles. The predicted octanol–water partition coefficient (Wildman–Crippen LogP) is 1.04. The molecule has 0 bridgehead atoms. The zero-order valence-corrected chi connectivity index (χ0v) is 9.94. The summed E-state index contributed by atoms with van der Waals surface area (Å²) in [5.41, 5.74) is 2.27. The van der Waals surface area contributed by atoms with Gasteiger partial charge in [0.15, 0.2) is 0 Å². The minimum absolute atomic E-state index is 0.522. The Bertz CT molecular complexity index is 568. The summed E-state index contributed by atoms with van der Waals surface area (Å²) >= 11 is 0. The summed E-state index contributed by atoms with van der Waals surface area (Å²) in [6.07, 6.45) is 4.91. The van der Waals surface area contributed by atoms with E-state index in [-0.39, 0.29) is 0 Å². The van der Waals surface area contributed by atoms with Crippen LogP contribution in [0.1, 0.15) is 13.8 Å². The van der Waals surface area contributed by atoms with E-state index < -0.39 is 23.1 Å². The molecule has 0 saturated carbocycles. The van der Waals surface area contributed by atoms with E-state index >= 15 is 0 Å². The highest BCUT2D eigenvalue weighted by molar-refractivity contribution is 6.48. The first kappa shape index (κ1) is 12.1. The van der Waals surface area contributed by atoms with Gasteiger partial charge in [0.2, 0.25) is 23.1 Å². The fourth-order valence-corrected chi connectivity index (χ4v) is 1.90. The van der Waals surface area contributed by atoms with Crippen LogP contribution in [-0.2, 0) is 19.2 Å². The number of hydrogen-bond acceptors (Lipinski definition) is 4. The van der Waals surface area contributed by atoms with Gasteiger partial charge in [0.25, 0.3) is 0 Å². The molecule has 0 atom stereocenters. The van der Waals surface area contributed by atoms with Crippen LogP contribution in [0, 0.1) is 0 Å². The fourth-order valence-electron chi connectivity index (χ4n) is 1.90. The van der Waals surface area contributed by atoms with E-state index in [1.807, 2.05) is 0 Å². The second-order valence-corrected chi connectivity index (χ2v) is 4.23. The average molecular weight is 242 g/mol. The molecule has 4 nitrogen and oxygen atoms in total. The molecule has 0 aromatic rings. The highest BCUT2D eigenvalue weighted by Gasteiger charge is 2.24. The maximum Gasteiger partial charge on any atom is 0.226 e. The fraction of sp³-hybridized carbons (Fsp3) is 0.143. The molecular formula is C14H10O4. The highest BCUT2D eigenvalue weighted by Crippen LogP contribution is 2.29. The second kappa shape index (κ2) is 4.14. The van der Waals surface area contributed by atoms with Crippen molar-refractivity contribution in [3.8, 4) is 0 Å². The Hall–Kier alpha value is -2.36. The van der Waals surface area contributed by atoms with Crippen molar-refractivity contribution in [1.82, 2.24) is 0 Å². The number of rotatable bonds is 1. The Labute approximate surface area is 103 Å². The van der Waals surface area contributed by atoms with E-state index in [0.29, 0.717) is 22.3 Å². The molecule has 0 unspecified atom stereocenters. The van der Waals surface area contributed by atoms with Gasteiger partial charge in [0.05, 0.1) is 0 Å². The lowest BCUT2D eigenvalue weighted by Crippen LogP contribution is -2.19. The van der Waals surface area contributed by atoms with Crippen LogP contribution in [0.2, 0.25) is 0 Å². The van der Waals surface area contributed by atoms with Crippen LogP contribution in [-0.4, -0.2) is 23.1 Å². The smallest absolute Gasteiger partial charge is 0.226 e. The summed E-state index contributed by atoms with van der Waals surface area (Å²) in [7, 11) is 0. The minimum atomic E-state index is -0.617. The van der Waals surface area contributed by atoms with Crippen LogP contribution in [0.3, 0.4) is 0 Å². The Morgan fingerprint density at radius 3 is 1.17 bits per heavy atom. The van der Waals surface area contributed by atoms with Gasteiger partial charge in [-0.1, -0.05) is 0 Å². The summed E-state index contributed by atoms with van der Waals surface area (Å²) in [5.74, 6) is -2.38. The molecule has 0 radical (unpaired) electrons. The molecule has 2 rings (SSSR count). The molecule has 0 saturated heterocycles. The summed E-state index contributed by atoms with van der Waals surface area (Å²) in [6, 6.07) is 0. The van der Waals surface area contributed by atoms with Gasteiger partial charge >= 0.3 is 0 Å². The topological polar surface area (TPSA) is 68.3 Å². The van der Waals surface area contributed by atoms with E-state index in [2.05, 4.69) is 0 Å². The first-order valence-electron chi connectivity index (χ1n) is 5.38. The number of carbonyl (C=O) groups excluding carboxylic acids is 4. The second-order valence-electron chi connectivity index (χ2n) is 4.23. The third-order valence-electron chi connectivity index (χ3n) is 2.87. The normalized spacial score (nSPS) is 20.3. The maximum atomic E-state index is 11.4. The third-order valence-corrected chi connectivity index (χ3v) is 2.87. The SMILES string of the molecule is CC1=CC(=O)C(=O)C=C1C1=CC(=O)C(=O)C=C1C. The quantitative estimate of drug-likeness (QED) is 0.509. The van der Waals surface area contributed by atoms with Crippen LogP contribution in [0.5, 0.6) is 0 Å². The molecule has 0 fully saturated rings. The number of ketones is 4. The van der Waals surface area contributed by atoms with Crippen LogP contribution in [0.15, 0.2) is 46.6 Å². The van der Waals surface area contributed by atoms with Crippen LogP contribution < -0.4 is 0 Å². The van der Waals surface area contributed by atoms with Crippen molar-refractivity contribution in [2.45, 2.75) is 13.8 Å². The molecule has 0 aliphatic heterocycles. The Kier molecular flexibility index (Phi) is 2.79. The standard InChI is InChI=1S/C14H10O4/c1-7-3-11(15)13(17)5-9(7)10-6-14(18)12(16)4-8(10)2/h3-6H,1-2H3. The van der Waals surface area contributed by atoms with Crippen molar-refractivity contribution in [2.24, 2.45) is 0 Å². The predicted molar refractivity (Wildman–Crippen MR) is 63.7 cm³/mol. The molecule has 2 aliphatic rings. The van der Waals surface area contributed by atoms with Crippen molar-refractivity contribution < 1.29 is 19.2 Å². The summed E-state index contributed by atoms with van der Waals surface area (Å²) in [4.78, 5) is 45.2. The van der Waals surface area contributed by atoms with E-state index in [1.165, 1.54) is 24.3 Å². The van der Waals surface area contributed by atoms with Gasteiger partial charge in [-0.25, -0.2) is 0 Å². The molecule has 90 valence electrons. The van der Waals surface area contributed by atoms with Crippen LogP contribution >= 0.6 is 0 Å². The summed E-state index contributed by atoms with van der Waals surface area (Å²) in [6.45, 7) is 3.37. The van der Waals surface area contributed by atoms with Gasteiger partial charge in [0.1, 0.15) is 0 Å². The Balaban J connectivity index is 2.51. The molecule has 0 aromatic carbocycles. The Morgan fingerprint density at radius 2 is 0.833 bits per heavy atom. The van der Waals surface area contributed by atoms with Crippen LogP contribution in [0.4, 0.5) is 0 Å². The molecule has 0 spiro atoms. The van der Waals surface area contributed by atoms with Crippen molar-refractivity contribution in [3.05, 3.63) is 46.6 Å². The van der Waals surface area contributed by atoms with Crippen molar-refractivity contribution in [1.29, 1.82) is 0 Å². The van der Waals surface area contributed by atoms with Gasteiger partial charge < -0.3 is 0 Å². The van der Waals surface area contributed by atoms with Gasteiger partial charge in [-0.3, -0.25) is 19.2 Å². The molecular weight excluding hydrogens is 232 g/mol. The molecule has 18 heavy (non-hydrogen) atoms. The Morgan fingerprint density at radius 1 is 0.556 bits per heavy atom. The first-order chi connectivity index (χ1) is 8.40. The summed E-state index contributed by atoms with van der Waals surface area (Å²) in [5, 5.41) is 0. The molecule has 0 N–H and O–H groups in total. The monoisotopic (exact) mass is 242 g/mol. The van der Waals surface area contributed by atoms with Gasteiger partial charge in [-0.2, -0.15) is 0 Å². The highest BCUT2D eigenvalue weighted by atomic mass is 16.2. The van der Waals surface area contributed by atoms with E-state index in [0.717, 1.165) is 0 Å². The lowest BCUT2D eigenvalue weighted by Gasteiger charge is -2.17. The lowest BCUT2D eigenvalue weighted by molar-refractivity contribution is -0.131. The van der Waals surface area contributed by atoms with Crippen molar-refractivity contribution in [2.75, 3.05) is 0 Å². The van der Waals surface area contributed by atoms with Gasteiger partial charge in [0, 0.05) is 0 Å². The average Bonchev–Trinajstić information content (AvgIpc) is 2.29. The number of carbonyl (C=O) groups is 4.